The van der Waals surface area contributed by atoms with Gasteiger partial charge in [0.15, 0.2) is 5.69 Å². The number of aliphatic imine (C=N–C) groups is 1. The average Bonchev–Trinajstić information content (AvgIpc) is 3.35. The van der Waals surface area contributed by atoms with Crippen LogP contribution in [-0.2, 0) is 6.42 Å². The lowest BCUT2D eigenvalue weighted by molar-refractivity contribution is -0.213. The van der Waals surface area contributed by atoms with E-state index in [0.29, 0.717) is 30.1 Å². The molecule has 0 bridgehead atoms. The second-order valence-corrected chi connectivity index (χ2v) is 7.30. The van der Waals surface area contributed by atoms with Crippen molar-refractivity contribution in [2.24, 2.45) is 10.9 Å². The van der Waals surface area contributed by atoms with Gasteiger partial charge in [0.1, 0.15) is 0 Å². The van der Waals surface area contributed by atoms with Gasteiger partial charge in [0.2, 0.25) is 0 Å². The van der Waals surface area contributed by atoms with Crippen LogP contribution < -0.4 is 10.4 Å². The molecular weight excluding hydrogens is 342 g/mol. The summed E-state index contributed by atoms with van der Waals surface area (Å²) in [5.41, 5.74) is 2.51. The van der Waals surface area contributed by atoms with Crippen molar-refractivity contribution in [3.05, 3.63) is 41.2 Å². The highest BCUT2D eigenvalue weighted by atomic mass is 16.3. The van der Waals surface area contributed by atoms with Crippen molar-refractivity contribution in [1.82, 2.24) is 20.3 Å². The molecule has 0 radical (unpaired) electrons. The number of aromatic nitrogens is 3. The smallest absolute Gasteiger partial charge is 0.273 e. The molecule has 7 heteroatoms. The molecule has 7 nitrogen and oxygen atoms in total. The van der Waals surface area contributed by atoms with E-state index >= 15 is 0 Å². The minimum atomic E-state index is -0.229. The molecule has 0 unspecified atom stereocenters. The monoisotopic (exact) mass is 368 g/mol. The quantitative estimate of drug-likeness (QED) is 0.568. The Morgan fingerprint density at radius 3 is 2.63 bits per heavy atom. The second kappa shape index (κ2) is 8.33. The van der Waals surface area contributed by atoms with Crippen molar-refractivity contribution in [2.45, 2.75) is 52.5 Å². The van der Waals surface area contributed by atoms with Crippen LogP contribution in [0, 0.1) is 5.92 Å². The van der Waals surface area contributed by atoms with Crippen LogP contribution in [0.3, 0.4) is 0 Å². The fourth-order valence-electron chi connectivity index (χ4n) is 2.80. The highest BCUT2D eigenvalue weighted by Crippen LogP contribution is 2.21. The second-order valence-electron chi connectivity index (χ2n) is 7.30. The molecule has 1 fully saturated rings. The van der Waals surface area contributed by atoms with Gasteiger partial charge in [-0.25, -0.2) is 4.68 Å². The third kappa shape index (κ3) is 4.72. The Labute approximate surface area is 159 Å². The van der Waals surface area contributed by atoms with Gasteiger partial charge in [-0.05, 0) is 62.1 Å². The molecule has 1 aromatic carbocycles. The minimum absolute atomic E-state index is 0.156. The van der Waals surface area contributed by atoms with Crippen LogP contribution in [0.1, 0.15) is 61.8 Å². The molecule has 0 atom stereocenters. The lowest BCUT2D eigenvalue weighted by Gasteiger charge is -2.13. The predicted octanol–water partition coefficient (Wildman–Crippen LogP) is 1.87. The topological polar surface area (TPSA) is 95.2 Å². The first-order valence-corrected chi connectivity index (χ1v) is 9.57. The first-order valence-electron chi connectivity index (χ1n) is 9.57. The van der Waals surface area contributed by atoms with Gasteiger partial charge in [-0.15, -0.1) is 5.10 Å². The molecule has 1 aliphatic rings. The third-order valence-electron chi connectivity index (χ3n) is 4.51. The van der Waals surface area contributed by atoms with Crippen LogP contribution in [0.5, 0.6) is 0 Å². The van der Waals surface area contributed by atoms with E-state index in [2.05, 4.69) is 34.5 Å². The van der Waals surface area contributed by atoms with E-state index in [1.54, 1.807) is 16.8 Å². The Morgan fingerprint density at radius 2 is 2.04 bits per heavy atom. The molecule has 1 saturated carbocycles. The third-order valence-corrected chi connectivity index (χ3v) is 4.51. The minimum Gasteiger partial charge on any atom is -0.858 e. The summed E-state index contributed by atoms with van der Waals surface area (Å²) in [6, 6.07) is 7.36. The Balaban J connectivity index is 1.90. The summed E-state index contributed by atoms with van der Waals surface area (Å²) in [4.78, 5) is 16.4. The lowest BCUT2D eigenvalue weighted by atomic mass is 10.0. The number of carbonyl (C=O) groups excluding carboxylic acids is 1. The van der Waals surface area contributed by atoms with E-state index in [1.807, 2.05) is 19.1 Å². The summed E-state index contributed by atoms with van der Waals surface area (Å²) in [6.07, 6.45) is 3.70. The van der Waals surface area contributed by atoms with Crippen molar-refractivity contribution in [3.63, 3.8) is 0 Å². The van der Waals surface area contributed by atoms with Gasteiger partial charge < -0.3 is 15.4 Å². The van der Waals surface area contributed by atoms with E-state index in [9.17, 15) is 9.90 Å². The molecule has 0 aliphatic heterocycles. The molecule has 2 aromatic rings. The molecule has 1 heterocycles. The SMILES string of the molecule is CCN=C([O-])c1ccc(-n2nnc(C(=O)NC3CC3)c2CCC(C)C)cc1. The van der Waals surface area contributed by atoms with Gasteiger partial charge in [-0.1, -0.05) is 31.2 Å². The van der Waals surface area contributed by atoms with E-state index in [-0.39, 0.29) is 17.8 Å². The Morgan fingerprint density at radius 1 is 1.33 bits per heavy atom. The molecule has 144 valence electrons. The summed E-state index contributed by atoms with van der Waals surface area (Å²) >= 11 is 0. The zero-order valence-electron chi connectivity index (χ0n) is 16.1. The highest BCUT2D eigenvalue weighted by Gasteiger charge is 2.27. The number of rotatable bonds is 8. The first kappa shape index (κ1) is 19.1. The lowest BCUT2D eigenvalue weighted by Crippen LogP contribution is -2.27. The van der Waals surface area contributed by atoms with Crippen LogP contribution in [-0.4, -0.2) is 39.4 Å². The number of nitrogens with one attached hydrogen (secondary N) is 1. The first-order chi connectivity index (χ1) is 13.0. The summed E-state index contributed by atoms with van der Waals surface area (Å²) in [7, 11) is 0. The molecule has 0 spiro atoms. The molecule has 1 amide bonds. The maximum Gasteiger partial charge on any atom is 0.273 e. The molecule has 1 N–H and O–H groups in total. The largest absolute Gasteiger partial charge is 0.858 e. The fraction of sp³-hybridized carbons (Fsp3) is 0.500. The normalized spacial score (nSPS) is 14.6. The number of hydrogen-bond donors (Lipinski definition) is 1. The highest BCUT2D eigenvalue weighted by molar-refractivity contribution is 5.94. The van der Waals surface area contributed by atoms with E-state index in [4.69, 9.17) is 0 Å². The fourth-order valence-corrected chi connectivity index (χ4v) is 2.80. The maximum absolute atomic E-state index is 12.5. The Hall–Kier alpha value is -2.70. The number of benzene rings is 1. The zero-order chi connectivity index (χ0) is 19.4. The van der Waals surface area contributed by atoms with Crippen molar-refractivity contribution in [2.75, 3.05) is 6.54 Å². The number of nitrogens with zero attached hydrogens (tertiary/aromatic N) is 4. The predicted molar refractivity (Wildman–Crippen MR) is 102 cm³/mol. The van der Waals surface area contributed by atoms with Gasteiger partial charge in [0, 0.05) is 12.6 Å². The van der Waals surface area contributed by atoms with Crippen LogP contribution >= 0.6 is 0 Å². The molecule has 1 aromatic heterocycles. The number of carbonyl (C=O) groups is 1. The van der Waals surface area contributed by atoms with Crippen molar-refractivity contribution in [3.8, 4) is 5.69 Å². The van der Waals surface area contributed by atoms with Crippen LogP contribution in [0.4, 0.5) is 0 Å². The van der Waals surface area contributed by atoms with Gasteiger partial charge >= 0.3 is 0 Å². The standard InChI is InChI=1S/C20H27N5O2/c1-4-21-19(26)14-6-10-16(11-7-14)25-17(12-5-13(2)3)18(23-24-25)20(27)22-15-8-9-15/h6-7,10-11,13,15H,4-5,8-9,12H2,1-3H3,(H,21,26)(H,22,27)/p-1. The maximum atomic E-state index is 12.5. The van der Waals surface area contributed by atoms with Crippen LogP contribution in [0.15, 0.2) is 29.3 Å². The summed E-state index contributed by atoms with van der Waals surface area (Å²) < 4.78 is 1.70. The van der Waals surface area contributed by atoms with Crippen molar-refractivity contribution >= 4 is 11.8 Å². The summed E-state index contributed by atoms with van der Waals surface area (Å²) in [5, 5.41) is 23.2. The molecule has 3 rings (SSSR count). The van der Waals surface area contributed by atoms with Crippen LogP contribution in [0.25, 0.3) is 5.69 Å². The summed E-state index contributed by atoms with van der Waals surface area (Å²) in [6.45, 7) is 6.59. The van der Waals surface area contributed by atoms with Gasteiger partial charge in [0.05, 0.1) is 11.4 Å². The van der Waals surface area contributed by atoms with E-state index < -0.39 is 0 Å². The number of amides is 1. The van der Waals surface area contributed by atoms with E-state index in [0.717, 1.165) is 30.6 Å². The Kier molecular flexibility index (Phi) is 5.88. The van der Waals surface area contributed by atoms with E-state index in [1.165, 1.54) is 0 Å². The van der Waals surface area contributed by atoms with Crippen LogP contribution in [0.2, 0.25) is 0 Å². The summed E-state index contributed by atoms with van der Waals surface area (Å²) in [5.74, 6) is 0.117. The van der Waals surface area contributed by atoms with Crippen molar-refractivity contribution in [1.29, 1.82) is 0 Å². The molecule has 0 saturated heterocycles. The molecule has 27 heavy (non-hydrogen) atoms. The van der Waals surface area contributed by atoms with Gasteiger partial charge in [-0.3, -0.25) is 4.79 Å². The Bertz CT molecular complexity index is 819. The molecule has 1 aliphatic carbocycles. The average molecular weight is 368 g/mol. The van der Waals surface area contributed by atoms with Crippen molar-refractivity contribution < 1.29 is 9.90 Å². The van der Waals surface area contributed by atoms with Gasteiger partial charge in [0.25, 0.3) is 5.91 Å². The zero-order valence-corrected chi connectivity index (χ0v) is 16.1. The van der Waals surface area contributed by atoms with Gasteiger partial charge in [-0.2, -0.15) is 0 Å². The number of hydrogen-bond acceptors (Lipinski definition) is 5. The molecular formula is C20H26N5O2-.